The average Bonchev–Trinajstić information content (AvgIpc) is 2.77. The quantitative estimate of drug-likeness (QED) is 0.542. The number of ether oxygens (including phenoxy) is 5. The first-order valence-corrected chi connectivity index (χ1v) is 9.65. The molecule has 6 nitrogen and oxygen atoms in total. The summed E-state index contributed by atoms with van der Waals surface area (Å²) < 4.78 is 28.6. The summed E-state index contributed by atoms with van der Waals surface area (Å²) in [6.07, 6.45) is -0.0514. The number of hydrogen-bond donors (Lipinski definition) is 1. The first kappa shape index (κ1) is 21.9. The summed E-state index contributed by atoms with van der Waals surface area (Å²) in [6, 6.07) is 17.8. The second kappa shape index (κ2) is 10.3. The molecule has 3 aromatic carbocycles. The fourth-order valence-corrected chi connectivity index (χ4v) is 3.35. The SMILES string of the molecule is COc1cccc(OC)c1OCCNC[C@@H]1COc2cc3ccccc3cc2O1.Cl. The lowest BCUT2D eigenvalue weighted by Crippen LogP contribution is -2.39. The minimum absolute atomic E-state index is 0. The van der Waals surface area contributed by atoms with Crippen molar-refractivity contribution in [2.75, 3.05) is 40.5 Å². The van der Waals surface area contributed by atoms with Crippen LogP contribution in [0.25, 0.3) is 10.8 Å². The van der Waals surface area contributed by atoms with Gasteiger partial charge in [0.05, 0.1) is 14.2 Å². The molecule has 1 aliphatic heterocycles. The highest BCUT2D eigenvalue weighted by Gasteiger charge is 2.21. The zero-order valence-electron chi connectivity index (χ0n) is 17.1. The molecule has 0 amide bonds. The van der Waals surface area contributed by atoms with Crippen LogP contribution in [0.1, 0.15) is 0 Å². The Balaban J connectivity index is 0.00000256. The van der Waals surface area contributed by atoms with Gasteiger partial charge >= 0.3 is 0 Å². The van der Waals surface area contributed by atoms with Crippen molar-refractivity contribution in [3.05, 3.63) is 54.6 Å². The van der Waals surface area contributed by atoms with E-state index in [4.69, 9.17) is 23.7 Å². The number of hydrogen-bond acceptors (Lipinski definition) is 6. The van der Waals surface area contributed by atoms with E-state index in [1.165, 1.54) is 0 Å². The number of halogens is 1. The van der Waals surface area contributed by atoms with Crippen LogP contribution < -0.4 is 29.0 Å². The van der Waals surface area contributed by atoms with Crippen LogP contribution in [0, 0.1) is 0 Å². The molecule has 7 heteroatoms. The van der Waals surface area contributed by atoms with Crippen LogP contribution in [0.3, 0.4) is 0 Å². The number of benzene rings is 3. The van der Waals surface area contributed by atoms with E-state index in [1.807, 2.05) is 42.5 Å². The van der Waals surface area contributed by atoms with Crippen LogP contribution in [-0.4, -0.2) is 46.6 Å². The van der Waals surface area contributed by atoms with E-state index in [0.29, 0.717) is 43.6 Å². The smallest absolute Gasteiger partial charge is 0.203 e. The third-order valence-electron chi connectivity index (χ3n) is 4.81. The summed E-state index contributed by atoms with van der Waals surface area (Å²) >= 11 is 0. The maximum Gasteiger partial charge on any atom is 0.203 e. The number of rotatable bonds is 8. The molecule has 3 aromatic rings. The van der Waals surface area contributed by atoms with E-state index < -0.39 is 0 Å². The molecule has 0 fully saturated rings. The lowest BCUT2D eigenvalue weighted by molar-refractivity contribution is 0.0900. The molecular weight excluding hydrogens is 406 g/mol. The minimum Gasteiger partial charge on any atom is -0.493 e. The standard InChI is InChI=1S/C23H25NO5.ClH/c1-25-19-8-5-9-20(26-2)23(19)27-11-10-24-14-18-15-28-21-12-16-6-3-4-7-17(16)13-22(21)29-18;/h3-9,12-13,18,24H,10-11,14-15H2,1-2H3;1H/t18-;/m1./s1. The summed E-state index contributed by atoms with van der Waals surface area (Å²) in [6.45, 7) is 2.31. The molecule has 1 N–H and O–H groups in total. The van der Waals surface area contributed by atoms with Gasteiger partial charge in [0.2, 0.25) is 5.75 Å². The van der Waals surface area contributed by atoms with Gasteiger partial charge in [0.25, 0.3) is 0 Å². The van der Waals surface area contributed by atoms with Crippen LogP contribution in [0.2, 0.25) is 0 Å². The fraction of sp³-hybridized carbons (Fsp3) is 0.304. The van der Waals surface area contributed by atoms with Gasteiger partial charge in [-0.05, 0) is 35.0 Å². The highest BCUT2D eigenvalue weighted by atomic mass is 35.5. The fourth-order valence-electron chi connectivity index (χ4n) is 3.35. The van der Waals surface area contributed by atoms with E-state index in [-0.39, 0.29) is 18.5 Å². The number of fused-ring (bicyclic) bond motifs is 2. The maximum atomic E-state index is 6.11. The Hall–Kier alpha value is -2.83. The van der Waals surface area contributed by atoms with Gasteiger partial charge in [-0.1, -0.05) is 30.3 Å². The average molecular weight is 432 g/mol. The molecule has 0 bridgehead atoms. The van der Waals surface area contributed by atoms with Crippen molar-refractivity contribution in [2.24, 2.45) is 0 Å². The Bertz CT molecular complexity index is 959. The van der Waals surface area contributed by atoms with Gasteiger partial charge in [-0.2, -0.15) is 0 Å². The second-order valence-electron chi connectivity index (χ2n) is 6.74. The Labute approximate surface area is 182 Å². The Morgan fingerprint density at radius 3 is 2.27 bits per heavy atom. The highest BCUT2D eigenvalue weighted by molar-refractivity contribution is 5.86. The first-order valence-electron chi connectivity index (χ1n) is 9.65. The van der Waals surface area contributed by atoms with E-state index in [2.05, 4.69) is 17.4 Å². The van der Waals surface area contributed by atoms with Crippen LogP contribution in [-0.2, 0) is 0 Å². The third-order valence-corrected chi connectivity index (χ3v) is 4.81. The molecule has 0 spiro atoms. The molecule has 1 atom stereocenters. The largest absolute Gasteiger partial charge is 0.493 e. The highest BCUT2D eigenvalue weighted by Crippen LogP contribution is 2.37. The molecule has 0 unspecified atom stereocenters. The molecule has 160 valence electrons. The van der Waals surface area contributed by atoms with E-state index in [9.17, 15) is 0 Å². The van der Waals surface area contributed by atoms with Gasteiger partial charge in [-0.15, -0.1) is 12.4 Å². The maximum absolute atomic E-state index is 6.11. The lowest BCUT2D eigenvalue weighted by Gasteiger charge is -2.27. The summed E-state index contributed by atoms with van der Waals surface area (Å²) in [4.78, 5) is 0. The summed E-state index contributed by atoms with van der Waals surface area (Å²) in [5.74, 6) is 3.50. The number of methoxy groups -OCH3 is 2. The molecule has 4 rings (SSSR count). The molecule has 0 radical (unpaired) electrons. The summed E-state index contributed by atoms with van der Waals surface area (Å²) in [5.41, 5.74) is 0. The minimum atomic E-state index is -0.0514. The van der Waals surface area contributed by atoms with Gasteiger partial charge in [0.15, 0.2) is 23.0 Å². The van der Waals surface area contributed by atoms with Gasteiger partial charge in [0.1, 0.15) is 19.3 Å². The monoisotopic (exact) mass is 431 g/mol. The summed E-state index contributed by atoms with van der Waals surface area (Å²) in [7, 11) is 3.22. The topological polar surface area (TPSA) is 58.2 Å². The van der Waals surface area contributed by atoms with E-state index in [1.54, 1.807) is 14.2 Å². The zero-order chi connectivity index (χ0) is 20.1. The first-order chi connectivity index (χ1) is 14.3. The van der Waals surface area contributed by atoms with Gasteiger partial charge in [0, 0.05) is 13.1 Å². The van der Waals surface area contributed by atoms with Crippen molar-refractivity contribution in [2.45, 2.75) is 6.10 Å². The van der Waals surface area contributed by atoms with Crippen molar-refractivity contribution in [3.8, 4) is 28.7 Å². The molecule has 0 saturated carbocycles. The van der Waals surface area contributed by atoms with Crippen molar-refractivity contribution in [3.63, 3.8) is 0 Å². The van der Waals surface area contributed by atoms with Crippen LogP contribution in [0.5, 0.6) is 28.7 Å². The third kappa shape index (κ3) is 4.83. The zero-order valence-corrected chi connectivity index (χ0v) is 17.9. The van der Waals surface area contributed by atoms with Gasteiger partial charge in [-0.3, -0.25) is 0 Å². The Morgan fingerprint density at radius 2 is 1.60 bits per heavy atom. The predicted molar refractivity (Wildman–Crippen MR) is 119 cm³/mol. The van der Waals surface area contributed by atoms with Gasteiger partial charge < -0.3 is 29.0 Å². The molecule has 30 heavy (non-hydrogen) atoms. The molecule has 0 aliphatic carbocycles. The molecule has 1 heterocycles. The van der Waals surface area contributed by atoms with Crippen molar-refractivity contribution < 1.29 is 23.7 Å². The lowest BCUT2D eigenvalue weighted by atomic mass is 10.1. The van der Waals surface area contributed by atoms with Crippen LogP contribution in [0.15, 0.2) is 54.6 Å². The Kier molecular flexibility index (Phi) is 7.49. The number of para-hydroxylation sites is 1. The second-order valence-corrected chi connectivity index (χ2v) is 6.74. The van der Waals surface area contributed by atoms with E-state index in [0.717, 1.165) is 22.3 Å². The van der Waals surface area contributed by atoms with Gasteiger partial charge in [-0.25, -0.2) is 0 Å². The Morgan fingerprint density at radius 1 is 0.933 bits per heavy atom. The molecule has 0 aromatic heterocycles. The number of nitrogens with one attached hydrogen (secondary N) is 1. The molecule has 0 saturated heterocycles. The predicted octanol–water partition coefficient (Wildman–Crippen LogP) is 4.09. The van der Waals surface area contributed by atoms with Crippen LogP contribution in [0.4, 0.5) is 0 Å². The van der Waals surface area contributed by atoms with Crippen molar-refractivity contribution in [1.29, 1.82) is 0 Å². The van der Waals surface area contributed by atoms with E-state index >= 15 is 0 Å². The molecule has 1 aliphatic rings. The molecular formula is C23H26ClNO5. The van der Waals surface area contributed by atoms with Crippen molar-refractivity contribution in [1.82, 2.24) is 5.32 Å². The normalized spacial score (nSPS) is 14.7. The summed E-state index contributed by atoms with van der Waals surface area (Å²) in [5, 5.41) is 5.65. The van der Waals surface area contributed by atoms with Crippen LogP contribution >= 0.6 is 12.4 Å². The van der Waals surface area contributed by atoms with Crippen molar-refractivity contribution >= 4 is 23.2 Å².